The van der Waals surface area contributed by atoms with E-state index in [0.29, 0.717) is 5.41 Å². The van der Waals surface area contributed by atoms with E-state index in [9.17, 15) is 0 Å². The molecule has 0 aromatic carbocycles. The van der Waals surface area contributed by atoms with Crippen LogP contribution in [-0.2, 0) is 4.74 Å². The Hall–Kier alpha value is -0.0400. The van der Waals surface area contributed by atoms with E-state index in [1.165, 1.54) is 19.3 Å². The maximum Gasteiger partial charge on any atom is 0.0471 e. The summed E-state index contributed by atoms with van der Waals surface area (Å²) in [6, 6.07) is 0. The van der Waals surface area contributed by atoms with Crippen LogP contribution in [0.25, 0.3) is 0 Å². The van der Waals surface area contributed by atoms with Gasteiger partial charge in [-0.3, -0.25) is 0 Å². The maximum absolute atomic E-state index is 5.27. The molecule has 1 rings (SSSR count). The van der Waals surface area contributed by atoms with Crippen molar-refractivity contribution in [1.29, 1.82) is 0 Å². The van der Waals surface area contributed by atoms with Crippen molar-refractivity contribution in [3.63, 3.8) is 0 Å². The highest BCUT2D eigenvalue weighted by Crippen LogP contribution is 2.32. The Kier molecular flexibility index (Phi) is 2.12. The van der Waals surface area contributed by atoms with E-state index in [1.54, 1.807) is 0 Å². The molecule has 1 saturated heterocycles. The minimum absolute atomic E-state index is 0.595. The van der Waals surface area contributed by atoms with E-state index in [0.717, 1.165) is 13.2 Å². The van der Waals surface area contributed by atoms with E-state index < -0.39 is 0 Å². The Balaban J connectivity index is 2.37. The highest BCUT2D eigenvalue weighted by Gasteiger charge is 2.24. The third-order valence-corrected chi connectivity index (χ3v) is 2.55. The molecule has 1 aliphatic heterocycles. The van der Waals surface area contributed by atoms with Crippen molar-refractivity contribution in [2.45, 2.75) is 33.1 Å². The summed E-state index contributed by atoms with van der Waals surface area (Å²) in [5, 5.41) is 0. The lowest BCUT2D eigenvalue weighted by Gasteiger charge is -2.32. The minimum Gasteiger partial charge on any atom is -0.381 e. The van der Waals surface area contributed by atoms with Gasteiger partial charge in [-0.25, -0.2) is 0 Å². The molecule has 0 bridgehead atoms. The number of rotatable bonds is 1. The normalized spacial score (nSPS) is 26.0. The molecular weight excluding hydrogens is 112 g/mol. The molecule has 0 saturated carbocycles. The molecule has 0 N–H and O–H groups in total. The number of hydrogen-bond acceptors (Lipinski definition) is 1. The van der Waals surface area contributed by atoms with Crippen LogP contribution in [0.5, 0.6) is 0 Å². The summed E-state index contributed by atoms with van der Waals surface area (Å²) in [7, 11) is 0. The molecule has 1 nitrogen and oxygen atoms in total. The third-order valence-electron chi connectivity index (χ3n) is 2.55. The van der Waals surface area contributed by atoms with Crippen LogP contribution in [0.15, 0.2) is 0 Å². The summed E-state index contributed by atoms with van der Waals surface area (Å²) in [5.74, 6) is 0. The first kappa shape index (κ1) is 7.07. The van der Waals surface area contributed by atoms with Gasteiger partial charge in [0, 0.05) is 13.2 Å². The first-order valence-electron chi connectivity index (χ1n) is 3.85. The van der Waals surface area contributed by atoms with E-state index >= 15 is 0 Å². The standard InChI is InChI=1S/C8H16O/c1-3-8(2)4-6-9-7-5-8/h3-7H2,1-2H3. The number of hydrogen-bond donors (Lipinski definition) is 0. The Morgan fingerprint density at radius 2 is 1.89 bits per heavy atom. The van der Waals surface area contributed by atoms with Gasteiger partial charge in [-0.1, -0.05) is 20.3 Å². The van der Waals surface area contributed by atoms with Crippen LogP contribution < -0.4 is 0 Å². The van der Waals surface area contributed by atoms with Crippen molar-refractivity contribution >= 4 is 0 Å². The third kappa shape index (κ3) is 1.68. The lowest BCUT2D eigenvalue weighted by atomic mass is 9.80. The monoisotopic (exact) mass is 128 g/mol. The lowest BCUT2D eigenvalue weighted by molar-refractivity contribution is 0.0221. The lowest BCUT2D eigenvalue weighted by Crippen LogP contribution is -2.25. The van der Waals surface area contributed by atoms with Gasteiger partial charge in [0.1, 0.15) is 0 Å². The fraction of sp³-hybridized carbons (Fsp3) is 1.00. The van der Waals surface area contributed by atoms with Gasteiger partial charge in [0.25, 0.3) is 0 Å². The van der Waals surface area contributed by atoms with Crippen molar-refractivity contribution in [1.82, 2.24) is 0 Å². The number of ether oxygens (including phenoxy) is 1. The van der Waals surface area contributed by atoms with E-state index in [1.807, 2.05) is 0 Å². The van der Waals surface area contributed by atoms with Crippen molar-refractivity contribution < 1.29 is 4.74 Å². The summed E-state index contributed by atoms with van der Waals surface area (Å²) in [6.45, 7) is 6.58. The first-order valence-corrected chi connectivity index (χ1v) is 3.85. The maximum atomic E-state index is 5.27. The van der Waals surface area contributed by atoms with Crippen LogP contribution in [0.4, 0.5) is 0 Å². The Bertz CT molecular complexity index is 82.6. The predicted molar refractivity (Wildman–Crippen MR) is 38.5 cm³/mol. The van der Waals surface area contributed by atoms with E-state index in [-0.39, 0.29) is 0 Å². The highest BCUT2D eigenvalue weighted by molar-refractivity contribution is 4.74. The molecule has 1 fully saturated rings. The Morgan fingerprint density at radius 3 is 2.22 bits per heavy atom. The smallest absolute Gasteiger partial charge is 0.0471 e. The molecule has 0 unspecified atom stereocenters. The minimum atomic E-state index is 0.595. The van der Waals surface area contributed by atoms with Gasteiger partial charge in [-0.2, -0.15) is 0 Å². The Morgan fingerprint density at radius 1 is 1.33 bits per heavy atom. The summed E-state index contributed by atoms with van der Waals surface area (Å²) in [6.07, 6.45) is 3.81. The first-order chi connectivity index (χ1) is 4.27. The molecule has 0 aromatic heterocycles. The van der Waals surface area contributed by atoms with Crippen LogP contribution in [0.2, 0.25) is 0 Å². The predicted octanol–water partition coefficient (Wildman–Crippen LogP) is 2.21. The average molecular weight is 128 g/mol. The van der Waals surface area contributed by atoms with E-state index in [4.69, 9.17) is 4.74 Å². The van der Waals surface area contributed by atoms with Gasteiger partial charge in [0.05, 0.1) is 0 Å². The van der Waals surface area contributed by atoms with Crippen molar-refractivity contribution in [3.05, 3.63) is 0 Å². The summed E-state index contributed by atoms with van der Waals surface area (Å²) < 4.78 is 5.27. The second-order valence-electron chi connectivity index (χ2n) is 3.28. The fourth-order valence-corrected chi connectivity index (χ4v) is 1.22. The van der Waals surface area contributed by atoms with Gasteiger partial charge < -0.3 is 4.74 Å². The van der Waals surface area contributed by atoms with E-state index in [2.05, 4.69) is 13.8 Å². The van der Waals surface area contributed by atoms with Crippen LogP contribution in [0.3, 0.4) is 0 Å². The molecule has 0 atom stereocenters. The fourth-order valence-electron chi connectivity index (χ4n) is 1.22. The molecule has 54 valence electrons. The van der Waals surface area contributed by atoms with Crippen LogP contribution in [-0.4, -0.2) is 13.2 Å². The second kappa shape index (κ2) is 2.70. The zero-order chi connectivity index (χ0) is 6.74. The zero-order valence-electron chi connectivity index (χ0n) is 6.44. The molecule has 0 amide bonds. The Labute approximate surface area is 57.4 Å². The topological polar surface area (TPSA) is 9.23 Å². The van der Waals surface area contributed by atoms with Gasteiger partial charge in [0.15, 0.2) is 0 Å². The average Bonchev–Trinajstić information content (AvgIpc) is 1.90. The largest absolute Gasteiger partial charge is 0.381 e. The zero-order valence-corrected chi connectivity index (χ0v) is 6.44. The molecular formula is C8H16O. The van der Waals surface area contributed by atoms with Gasteiger partial charge >= 0.3 is 0 Å². The van der Waals surface area contributed by atoms with Crippen molar-refractivity contribution in [2.75, 3.05) is 13.2 Å². The van der Waals surface area contributed by atoms with Crippen molar-refractivity contribution in [3.8, 4) is 0 Å². The molecule has 0 aliphatic carbocycles. The second-order valence-corrected chi connectivity index (χ2v) is 3.28. The van der Waals surface area contributed by atoms with Crippen LogP contribution in [0, 0.1) is 5.41 Å². The molecule has 9 heavy (non-hydrogen) atoms. The molecule has 0 spiro atoms. The van der Waals surface area contributed by atoms with Crippen molar-refractivity contribution in [2.24, 2.45) is 5.41 Å². The van der Waals surface area contributed by atoms with Gasteiger partial charge in [-0.15, -0.1) is 0 Å². The summed E-state index contributed by atoms with van der Waals surface area (Å²) in [4.78, 5) is 0. The molecule has 1 heteroatoms. The molecule has 1 aliphatic rings. The summed E-state index contributed by atoms with van der Waals surface area (Å²) in [5.41, 5.74) is 0.595. The molecule has 0 aromatic rings. The highest BCUT2D eigenvalue weighted by atomic mass is 16.5. The van der Waals surface area contributed by atoms with Crippen LogP contribution >= 0.6 is 0 Å². The van der Waals surface area contributed by atoms with Crippen LogP contribution in [0.1, 0.15) is 33.1 Å². The SMILES string of the molecule is CCC1(C)CCOCC1. The quantitative estimate of drug-likeness (QED) is 0.526. The van der Waals surface area contributed by atoms with Gasteiger partial charge in [-0.05, 0) is 18.3 Å². The summed E-state index contributed by atoms with van der Waals surface area (Å²) >= 11 is 0. The molecule has 1 heterocycles. The molecule has 0 radical (unpaired) electrons. The van der Waals surface area contributed by atoms with Gasteiger partial charge in [0.2, 0.25) is 0 Å².